The van der Waals surface area contributed by atoms with E-state index in [1.165, 1.54) is 36.9 Å². The first-order valence-corrected chi connectivity index (χ1v) is 9.62. The third-order valence-corrected chi connectivity index (χ3v) is 4.73. The molecule has 8 nitrogen and oxygen atoms in total. The molecule has 3 aromatic heterocycles. The van der Waals surface area contributed by atoms with Crippen LogP contribution in [0.1, 0.15) is 0 Å². The number of halogens is 1. The molecule has 0 N–H and O–H groups in total. The molecule has 0 fully saturated rings. The van der Waals surface area contributed by atoms with Crippen molar-refractivity contribution in [3.8, 4) is 22.6 Å². The van der Waals surface area contributed by atoms with Gasteiger partial charge in [-0.15, -0.1) is 0 Å². The van der Waals surface area contributed by atoms with Gasteiger partial charge in [0.25, 0.3) is 0 Å². The van der Waals surface area contributed by atoms with Crippen molar-refractivity contribution in [2.45, 2.75) is 5.16 Å². The second-order valence-corrected chi connectivity index (χ2v) is 7.74. The molecular weight excluding hydrogens is 373 g/mol. The Bertz CT molecular complexity index is 1270. The molecule has 0 aliphatic heterocycles. The maximum atomic E-state index is 13.3. The van der Waals surface area contributed by atoms with Gasteiger partial charge in [-0.25, -0.2) is 27.8 Å². The van der Waals surface area contributed by atoms with Gasteiger partial charge in [-0.1, -0.05) is 0 Å². The summed E-state index contributed by atoms with van der Waals surface area (Å²) in [6.45, 7) is 0. The molecule has 136 valence electrons. The molecule has 1 aromatic carbocycles. The monoisotopic (exact) mass is 385 g/mol. The zero-order chi connectivity index (χ0) is 19.2. The fourth-order valence-electron chi connectivity index (χ4n) is 2.69. The lowest BCUT2D eigenvalue weighted by atomic mass is 10.1. The molecule has 0 saturated heterocycles. The van der Waals surface area contributed by atoms with Crippen LogP contribution in [-0.2, 0) is 9.84 Å². The molecule has 0 radical (unpaired) electrons. The first-order valence-electron chi connectivity index (χ1n) is 7.73. The minimum Gasteiger partial charge on any atom is -0.619 e. The topological polar surface area (TPSA) is 104 Å². The van der Waals surface area contributed by atoms with E-state index in [1.807, 2.05) is 0 Å². The standard InChI is InChI=1S/C17H12FN5O3S/c1-27(25,26)17-19-7-6-13(20-17)16-15(11-2-4-12(18)5-3-11)21-14-10-22(24)8-9-23(14)16/h2-10H,1H3. The van der Waals surface area contributed by atoms with E-state index in [2.05, 4.69) is 15.0 Å². The Labute approximate surface area is 153 Å². The van der Waals surface area contributed by atoms with Gasteiger partial charge < -0.3 is 5.21 Å². The van der Waals surface area contributed by atoms with Crippen molar-refractivity contribution in [1.29, 1.82) is 0 Å². The highest BCUT2D eigenvalue weighted by atomic mass is 32.2. The summed E-state index contributed by atoms with van der Waals surface area (Å²) in [4.78, 5) is 12.4. The highest BCUT2D eigenvalue weighted by Gasteiger charge is 2.21. The summed E-state index contributed by atoms with van der Waals surface area (Å²) < 4.78 is 39.2. The molecular formula is C17H12FN5O3S. The van der Waals surface area contributed by atoms with E-state index < -0.39 is 15.7 Å². The maximum Gasteiger partial charge on any atom is 0.247 e. The average Bonchev–Trinajstić information content (AvgIpc) is 3.00. The number of nitrogens with zero attached hydrogens (tertiary/aromatic N) is 5. The van der Waals surface area contributed by atoms with Gasteiger partial charge in [-0.05, 0) is 30.3 Å². The number of aromatic nitrogens is 5. The third-order valence-electron chi connectivity index (χ3n) is 3.87. The van der Waals surface area contributed by atoms with Crippen LogP contribution in [0.3, 0.4) is 0 Å². The zero-order valence-electron chi connectivity index (χ0n) is 13.9. The van der Waals surface area contributed by atoms with Crippen LogP contribution in [0, 0.1) is 11.0 Å². The van der Waals surface area contributed by atoms with Crippen molar-refractivity contribution in [3.05, 3.63) is 66.1 Å². The number of benzene rings is 1. The van der Waals surface area contributed by atoms with Crippen LogP contribution >= 0.6 is 0 Å². The van der Waals surface area contributed by atoms with Crippen LogP contribution in [0.2, 0.25) is 0 Å². The number of fused-ring (bicyclic) bond motifs is 1. The lowest BCUT2D eigenvalue weighted by molar-refractivity contribution is -0.604. The Morgan fingerprint density at radius 2 is 1.89 bits per heavy atom. The first kappa shape index (κ1) is 17.0. The molecule has 0 unspecified atom stereocenters. The fourth-order valence-corrected chi connectivity index (χ4v) is 3.20. The molecule has 0 aliphatic carbocycles. The molecule has 4 rings (SSSR count). The van der Waals surface area contributed by atoms with Crippen molar-refractivity contribution in [2.24, 2.45) is 0 Å². The predicted molar refractivity (Wildman–Crippen MR) is 93.7 cm³/mol. The number of hydrogen-bond acceptors (Lipinski definition) is 6. The van der Waals surface area contributed by atoms with E-state index >= 15 is 0 Å². The predicted octanol–water partition coefficient (Wildman–Crippen LogP) is 1.63. The lowest BCUT2D eigenvalue weighted by Gasteiger charge is -2.06. The van der Waals surface area contributed by atoms with Gasteiger partial charge >= 0.3 is 0 Å². The van der Waals surface area contributed by atoms with Crippen LogP contribution < -0.4 is 4.73 Å². The van der Waals surface area contributed by atoms with Gasteiger partial charge in [-0.3, -0.25) is 4.40 Å². The molecule has 0 spiro atoms. The molecule has 0 aliphatic rings. The second kappa shape index (κ2) is 6.09. The summed E-state index contributed by atoms with van der Waals surface area (Å²) in [6, 6.07) is 7.22. The minimum absolute atomic E-state index is 0.306. The lowest BCUT2D eigenvalue weighted by Crippen LogP contribution is -2.24. The Morgan fingerprint density at radius 1 is 1.15 bits per heavy atom. The summed E-state index contributed by atoms with van der Waals surface area (Å²) in [6.07, 6.45) is 6.41. The van der Waals surface area contributed by atoms with Crippen molar-refractivity contribution < 1.29 is 17.5 Å². The van der Waals surface area contributed by atoms with E-state index in [0.717, 1.165) is 6.26 Å². The van der Waals surface area contributed by atoms with Gasteiger partial charge in [0, 0.05) is 18.0 Å². The molecule has 3 heterocycles. The Balaban J connectivity index is 2.04. The first-order chi connectivity index (χ1) is 12.8. The van der Waals surface area contributed by atoms with E-state index in [9.17, 15) is 18.0 Å². The van der Waals surface area contributed by atoms with E-state index in [1.54, 1.807) is 22.6 Å². The van der Waals surface area contributed by atoms with Crippen LogP contribution in [0.25, 0.3) is 28.3 Å². The van der Waals surface area contributed by atoms with Crippen LogP contribution in [0.4, 0.5) is 4.39 Å². The molecule has 0 amide bonds. The summed E-state index contributed by atoms with van der Waals surface area (Å²) >= 11 is 0. The Kier molecular flexibility index (Phi) is 3.84. The van der Waals surface area contributed by atoms with Gasteiger partial charge in [0.15, 0.2) is 6.20 Å². The maximum absolute atomic E-state index is 13.3. The molecule has 0 atom stereocenters. The van der Waals surface area contributed by atoms with Gasteiger partial charge in [0.1, 0.15) is 5.82 Å². The van der Waals surface area contributed by atoms with Crippen LogP contribution in [-0.4, -0.2) is 34.0 Å². The van der Waals surface area contributed by atoms with Gasteiger partial charge in [-0.2, -0.15) is 4.73 Å². The van der Waals surface area contributed by atoms with E-state index in [-0.39, 0.29) is 5.16 Å². The van der Waals surface area contributed by atoms with E-state index in [0.29, 0.717) is 33.0 Å². The summed E-state index contributed by atoms with van der Waals surface area (Å²) in [5.74, 6) is -0.400. The summed E-state index contributed by atoms with van der Waals surface area (Å²) in [5.41, 5.74) is 2.12. The van der Waals surface area contributed by atoms with Crippen molar-refractivity contribution in [1.82, 2.24) is 19.4 Å². The molecule has 4 aromatic rings. The smallest absolute Gasteiger partial charge is 0.247 e. The van der Waals surface area contributed by atoms with Gasteiger partial charge in [0.2, 0.25) is 26.8 Å². The summed E-state index contributed by atoms with van der Waals surface area (Å²) in [7, 11) is -3.62. The van der Waals surface area contributed by atoms with Crippen molar-refractivity contribution in [3.63, 3.8) is 0 Å². The molecule has 27 heavy (non-hydrogen) atoms. The van der Waals surface area contributed by atoms with Gasteiger partial charge in [0.05, 0.1) is 23.3 Å². The minimum atomic E-state index is -3.62. The van der Waals surface area contributed by atoms with E-state index in [4.69, 9.17) is 0 Å². The highest BCUT2D eigenvalue weighted by molar-refractivity contribution is 7.90. The Hall–Kier alpha value is -3.40. The third kappa shape index (κ3) is 3.10. The van der Waals surface area contributed by atoms with Crippen LogP contribution in [0.15, 0.2) is 60.3 Å². The SMILES string of the molecule is CS(=O)(=O)c1nccc(-c2c(-c3ccc(F)cc3)nc3c[n+]([O-])ccn23)n1. The largest absolute Gasteiger partial charge is 0.619 e. The fraction of sp³-hybridized carbons (Fsp3) is 0.0588. The molecule has 0 bridgehead atoms. The highest BCUT2D eigenvalue weighted by Crippen LogP contribution is 2.31. The van der Waals surface area contributed by atoms with Crippen molar-refractivity contribution >= 4 is 15.5 Å². The molecule has 0 saturated carbocycles. The number of imidazole rings is 1. The normalized spacial score (nSPS) is 11.8. The zero-order valence-corrected chi connectivity index (χ0v) is 14.8. The number of sulfone groups is 1. The van der Waals surface area contributed by atoms with Crippen molar-refractivity contribution in [2.75, 3.05) is 6.26 Å². The van der Waals surface area contributed by atoms with Crippen LogP contribution in [0.5, 0.6) is 0 Å². The second-order valence-electron chi connectivity index (χ2n) is 5.83. The molecule has 10 heteroatoms. The Morgan fingerprint density at radius 3 is 2.59 bits per heavy atom. The summed E-state index contributed by atoms with van der Waals surface area (Å²) in [5, 5.41) is 11.3. The number of rotatable bonds is 3. The quantitative estimate of drug-likeness (QED) is 0.302. The average molecular weight is 385 g/mol. The number of hydrogen-bond donors (Lipinski definition) is 0.